The van der Waals surface area contributed by atoms with Gasteiger partial charge in [-0.05, 0) is 57.7 Å². The third kappa shape index (κ3) is 5.66. The Morgan fingerprint density at radius 3 is 2.19 bits per heavy atom. The van der Waals surface area contributed by atoms with E-state index in [1.165, 1.54) is 5.56 Å². The van der Waals surface area contributed by atoms with Crippen LogP contribution in [0.15, 0.2) is 12.1 Å². The Balaban J connectivity index is 2.96. The molecule has 0 radical (unpaired) electrons. The molecular weight excluding hydrogens is 258 g/mol. The zero-order chi connectivity index (χ0) is 16.4. The SMILES string of the molecule is Cc1cc(CNC(C)(C)C)cc(N(C)C(C)C(C)(C)C)n1. The van der Waals surface area contributed by atoms with Crippen molar-refractivity contribution in [2.75, 3.05) is 11.9 Å². The number of hydrogen-bond donors (Lipinski definition) is 1. The number of hydrogen-bond acceptors (Lipinski definition) is 3. The molecule has 1 heterocycles. The molecule has 0 aliphatic heterocycles. The normalized spacial score (nSPS) is 14.1. The fourth-order valence-electron chi connectivity index (χ4n) is 2.15. The monoisotopic (exact) mass is 291 g/mol. The van der Waals surface area contributed by atoms with E-state index in [0.717, 1.165) is 18.1 Å². The van der Waals surface area contributed by atoms with Crippen LogP contribution < -0.4 is 10.2 Å². The number of nitrogens with zero attached hydrogens (tertiary/aromatic N) is 2. The van der Waals surface area contributed by atoms with Crippen LogP contribution in [0.4, 0.5) is 5.82 Å². The summed E-state index contributed by atoms with van der Waals surface area (Å²) in [7, 11) is 2.14. The zero-order valence-corrected chi connectivity index (χ0v) is 15.3. The summed E-state index contributed by atoms with van der Waals surface area (Å²) in [5.74, 6) is 1.06. The van der Waals surface area contributed by atoms with E-state index in [2.05, 4.69) is 84.8 Å². The van der Waals surface area contributed by atoms with Crippen molar-refractivity contribution in [3.05, 3.63) is 23.4 Å². The van der Waals surface area contributed by atoms with E-state index in [1.54, 1.807) is 0 Å². The van der Waals surface area contributed by atoms with Gasteiger partial charge < -0.3 is 10.2 Å². The Bertz CT molecular complexity index is 466. The first-order valence-corrected chi connectivity index (χ1v) is 7.85. The van der Waals surface area contributed by atoms with Gasteiger partial charge in [-0.3, -0.25) is 0 Å². The first-order valence-electron chi connectivity index (χ1n) is 7.85. The Kier molecular flexibility index (Phi) is 5.43. The highest BCUT2D eigenvalue weighted by atomic mass is 15.2. The Labute approximate surface area is 131 Å². The van der Waals surface area contributed by atoms with E-state index in [-0.39, 0.29) is 11.0 Å². The highest BCUT2D eigenvalue weighted by Crippen LogP contribution is 2.27. The average Bonchev–Trinajstić information content (AvgIpc) is 2.32. The van der Waals surface area contributed by atoms with Gasteiger partial charge in [0.2, 0.25) is 0 Å². The van der Waals surface area contributed by atoms with Crippen LogP contribution in [0.25, 0.3) is 0 Å². The highest BCUT2D eigenvalue weighted by Gasteiger charge is 2.25. The number of anilines is 1. The number of aromatic nitrogens is 1. The van der Waals surface area contributed by atoms with Crippen LogP contribution in [-0.4, -0.2) is 23.6 Å². The maximum atomic E-state index is 4.71. The van der Waals surface area contributed by atoms with Crippen LogP contribution in [0.1, 0.15) is 59.7 Å². The summed E-state index contributed by atoms with van der Waals surface area (Å²) in [5, 5.41) is 3.54. The molecule has 0 aromatic carbocycles. The van der Waals surface area contributed by atoms with E-state index in [9.17, 15) is 0 Å². The van der Waals surface area contributed by atoms with E-state index < -0.39 is 0 Å². The van der Waals surface area contributed by atoms with Gasteiger partial charge in [-0.15, -0.1) is 0 Å². The molecule has 1 rings (SSSR count). The molecule has 1 aromatic rings. The molecule has 0 amide bonds. The van der Waals surface area contributed by atoms with Crippen molar-refractivity contribution in [2.45, 2.75) is 73.5 Å². The molecule has 0 bridgehead atoms. The van der Waals surface area contributed by atoms with Gasteiger partial charge >= 0.3 is 0 Å². The van der Waals surface area contributed by atoms with Crippen molar-refractivity contribution in [3.63, 3.8) is 0 Å². The second-order valence-electron chi connectivity index (χ2n) is 8.23. The topological polar surface area (TPSA) is 28.2 Å². The van der Waals surface area contributed by atoms with Gasteiger partial charge in [0.05, 0.1) is 0 Å². The Hall–Kier alpha value is -1.09. The lowest BCUT2D eigenvalue weighted by molar-refractivity contribution is 0.328. The molecule has 0 aliphatic carbocycles. The molecule has 1 N–H and O–H groups in total. The summed E-state index contributed by atoms with van der Waals surface area (Å²) in [6.07, 6.45) is 0. The number of aryl methyl sites for hydroxylation is 1. The minimum Gasteiger partial charge on any atom is -0.356 e. The largest absolute Gasteiger partial charge is 0.356 e. The summed E-state index contributed by atoms with van der Waals surface area (Å²) >= 11 is 0. The molecule has 1 aromatic heterocycles. The molecule has 0 aliphatic rings. The van der Waals surface area contributed by atoms with E-state index in [4.69, 9.17) is 4.98 Å². The summed E-state index contributed by atoms with van der Waals surface area (Å²) < 4.78 is 0. The van der Waals surface area contributed by atoms with E-state index in [0.29, 0.717) is 6.04 Å². The predicted molar refractivity (Wildman–Crippen MR) is 92.9 cm³/mol. The first-order chi connectivity index (χ1) is 9.40. The standard InChI is InChI=1S/C18H33N3/c1-13-10-15(12-19-18(6,7)8)11-16(20-13)21(9)14(2)17(3,4)5/h10-11,14,19H,12H2,1-9H3. The van der Waals surface area contributed by atoms with Crippen molar-refractivity contribution in [1.29, 1.82) is 0 Å². The van der Waals surface area contributed by atoms with Crippen LogP contribution >= 0.6 is 0 Å². The second-order valence-corrected chi connectivity index (χ2v) is 8.23. The number of nitrogens with one attached hydrogen (secondary N) is 1. The number of rotatable bonds is 4. The molecule has 0 saturated carbocycles. The van der Waals surface area contributed by atoms with E-state index in [1.807, 2.05) is 0 Å². The van der Waals surface area contributed by atoms with Gasteiger partial charge in [0.15, 0.2) is 0 Å². The number of pyridine rings is 1. The molecule has 1 unspecified atom stereocenters. The van der Waals surface area contributed by atoms with Crippen molar-refractivity contribution < 1.29 is 0 Å². The van der Waals surface area contributed by atoms with Crippen LogP contribution in [0.3, 0.4) is 0 Å². The summed E-state index contributed by atoms with van der Waals surface area (Å²) in [5.41, 5.74) is 2.72. The fourth-order valence-corrected chi connectivity index (χ4v) is 2.15. The smallest absolute Gasteiger partial charge is 0.129 e. The molecule has 3 heteroatoms. The van der Waals surface area contributed by atoms with Crippen LogP contribution in [0.5, 0.6) is 0 Å². The average molecular weight is 291 g/mol. The van der Waals surface area contributed by atoms with Gasteiger partial charge in [-0.25, -0.2) is 4.98 Å². The van der Waals surface area contributed by atoms with Gasteiger partial charge in [0.1, 0.15) is 5.82 Å². The summed E-state index contributed by atoms with van der Waals surface area (Å²) in [6, 6.07) is 4.79. The third-order valence-electron chi connectivity index (χ3n) is 4.02. The maximum absolute atomic E-state index is 4.71. The van der Waals surface area contributed by atoms with Crippen molar-refractivity contribution in [3.8, 4) is 0 Å². The summed E-state index contributed by atoms with van der Waals surface area (Å²) in [4.78, 5) is 7.00. The van der Waals surface area contributed by atoms with E-state index >= 15 is 0 Å². The lowest BCUT2D eigenvalue weighted by Crippen LogP contribution is -2.40. The zero-order valence-electron chi connectivity index (χ0n) is 15.3. The van der Waals surface area contributed by atoms with Crippen molar-refractivity contribution in [2.24, 2.45) is 5.41 Å². The lowest BCUT2D eigenvalue weighted by Gasteiger charge is -2.36. The Morgan fingerprint density at radius 2 is 1.71 bits per heavy atom. The van der Waals surface area contributed by atoms with Crippen molar-refractivity contribution in [1.82, 2.24) is 10.3 Å². The van der Waals surface area contributed by atoms with Crippen LogP contribution in [0.2, 0.25) is 0 Å². The molecule has 0 spiro atoms. The molecule has 0 saturated heterocycles. The molecule has 1 atom stereocenters. The van der Waals surface area contributed by atoms with Crippen LogP contribution in [0, 0.1) is 12.3 Å². The first kappa shape index (κ1) is 18.0. The van der Waals surface area contributed by atoms with Crippen molar-refractivity contribution >= 4 is 5.82 Å². The Morgan fingerprint density at radius 1 is 1.14 bits per heavy atom. The molecule has 0 fully saturated rings. The quantitative estimate of drug-likeness (QED) is 0.903. The molecule has 120 valence electrons. The molecule has 21 heavy (non-hydrogen) atoms. The fraction of sp³-hybridized carbons (Fsp3) is 0.722. The lowest BCUT2D eigenvalue weighted by atomic mass is 9.87. The molecule has 3 nitrogen and oxygen atoms in total. The van der Waals surface area contributed by atoms with Gasteiger partial charge in [-0.2, -0.15) is 0 Å². The second kappa shape index (κ2) is 6.35. The maximum Gasteiger partial charge on any atom is 0.129 e. The highest BCUT2D eigenvalue weighted by molar-refractivity contribution is 5.43. The predicted octanol–water partition coefficient (Wildman–Crippen LogP) is 4.15. The summed E-state index contributed by atoms with van der Waals surface area (Å²) in [6.45, 7) is 18.6. The third-order valence-corrected chi connectivity index (χ3v) is 4.02. The van der Waals surface area contributed by atoms with Gasteiger partial charge in [0.25, 0.3) is 0 Å². The molecular formula is C18H33N3. The van der Waals surface area contributed by atoms with Crippen LogP contribution in [-0.2, 0) is 6.54 Å². The van der Waals surface area contributed by atoms with Gasteiger partial charge in [0, 0.05) is 30.9 Å². The minimum absolute atomic E-state index is 0.127. The van der Waals surface area contributed by atoms with Gasteiger partial charge in [-0.1, -0.05) is 20.8 Å². The minimum atomic E-state index is 0.127.